The first-order valence-electron chi connectivity index (χ1n) is 6.91. The summed E-state index contributed by atoms with van der Waals surface area (Å²) in [5, 5.41) is 3.34. The van der Waals surface area contributed by atoms with Gasteiger partial charge < -0.3 is 10.1 Å². The van der Waals surface area contributed by atoms with Gasteiger partial charge in [-0.15, -0.1) is 0 Å². The summed E-state index contributed by atoms with van der Waals surface area (Å²) in [4.78, 5) is 0. The predicted octanol–water partition coefficient (Wildman–Crippen LogP) is 3.02. The summed E-state index contributed by atoms with van der Waals surface area (Å²) >= 11 is 0. The summed E-state index contributed by atoms with van der Waals surface area (Å²) in [6, 6.07) is 18.9. The highest BCUT2D eigenvalue weighted by Crippen LogP contribution is 2.23. The molecule has 0 bridgehead atoms. The van der Waals surface area contributed by atoms with E-state index in [4.69, 9.17) is 4.74 Å². The molecule has 0 aromatic heterocycles. The van der Waals surface area contributed by atoms with Gasteiger partial charge in [-0.3, -0.25) is 0 Å². The third kappa shape index (κ3) is 3.15. The molecule has 2 aromatic rings. The van der Waals surface area contributed by atoms with Crippen LogP contribution < -0.4 is 10.1 Å². The average molecular weight is 253 g/mol. The quantitative estimate of drug-likeness (QED) is 0.904. The molecule has 1 atom stereocenters. The van der Waals surface area contributed by atoms with Crippen molar-refractivity contribution in [2.75, 3.05) is 13.1 Å². The van der Waals surface area contributed by atoms with E-state index < -0.39 is 0 Å². The van der Waals surface area contributed by atoms with E-state index in [0.717, 1.165) is 31.7 Å². The van der Waals surface area contributed by atoms with Crippen molar-refractivity contribution < 1.29 is 4.74 Å². The lowest BCUT2D eigenvalue weighted by Gasteiger charge is -2.16. The van der Waals surface area contributed by atoms with Crippen molar-refractivity contribution in [2.45, 2.75) is 18.9 Å². The highest BCUT2D eigenvalue weighted by Gasteiger charge is 2.17. The van der Waals surface area contributed by atoms with Crippen molar-refractivity contribution in [1.82, 2.24) is 5.32 Å². The van der Waals surface area contributed by atoms with Crippen LogP contribution in [0.1, 0.15) is 17.5 Å². The molecule has 1 saturated heterocycles. The number of rotatable bonds is 4. The maximum Gasteiger partial charge on any atom is 0.123 e. The van der Waals surface area contributed by atoms with Crippen LogP contribution in [0.25, 0.3) is 0 Å². The van der Waals surface area contributed by atoms with Gasteiger partial charge in [-0.2, -0.15) is 0 Å². The maximum atomic E-state index is 6.12. The highest BCUT2D eigenvalue weighted by molar-refractivity contribution is 5.37. The Morgan fingerprint density at radius 1 is 1.00 bits per heavy atom. The molecule has 3 rings (SSSR count). The van der Waals surface area contributed by atoms with Gasteiger partial charge in [0.05, 0.1) is 0 Å². The minimum absolute atomic E-state index is 0.317. The smallest absolute Gasteiger partial charge is 0.123 e. The highest BCUT2D eigenvalue weighted by atomic mass is 16.5. The Labute approximate surface area is 114 Å². The van der Waals surface area contributed by atoms with Gasteiger partial charge in [-0.25, -0.2) is 0 Å². The van der Waals surface area contributed by atoms with Crippen molar-refractivity contribution >= 4 is 0 Å². The van der Waals surface area contributed by atoms with Gasteiger partial charge in [0.15, 0.2) is 0 Å². The van der Waals surface area contributed by atoms with Gasteiger partial charge in [-0.1, -0.05) is 48.5 Å². The number of ether oxygens (including phenoxy) is 1. The van der Waals surface area contributed by atoms with Gasteiger partial charge in [0.2, 0.25) is 0 Å². The molecule has 0 radical (unpaired) electrons. The van der Waals surface area contributed by atoms with E-state index in [9.17, 15) is 0 Å². The summed E-state index contributed by atoms with van der Waals surface area (Å²) in [6.07, 6.45) is 2.34. The summed E-state index contributed by atoms with van der Waals surface area (Å²) < 4.78 is 6.12. The van der Waals surface area contributed by atoms with Gasteiger partial charge >= 0.3 is 0 Å². The lowest BCUT2D eigenvalue weighted by molar-refractivity contribution is 0.221. The van der Waals surface area contributed by atoms with Gasteiger partial charge in [0.25, 0.3) is 0 Å². The van der Waals surface area contributed by atoms with E-state index in [1.165, 1.54) is 11.1 Å². The Morgan fingerprint density at radius 2 is 1.79 bits per heavy atom. The third-order valence-electron chi connectivity index (χ3n) is 3.52. The second kappa shape index (κ2) is 5.89. The Bertz CT molecular complexity index is 518. The topological polar surface area (TPSA) is 21.3 Å². The van der Waals surface area contributed by atoms with Gasteiger partial charge in [0.1, 0.15) is 11.9 Å². The SMILES string of the molecule is c1ccc(Cc2ccccc2OC2CCNC2)cc1. The van der Waals surface area contributed by atoms with Crippen LogP contribution in [0.5, 0.6) is 5.75 Å². The zero-order valence-electron chi connectivity index (χ0n) is 11.0. The zero-order chi connectivity index (χ0) is 12.9. The Kier molecular flexibility index (Phi) is 3.80. The fourth-order valence-electron chi connectivity index (χ4n) is 2.49. The van der Waals surface area contributed by atoms with E-state index in [1.807, 2.05) is 6.07 Å². The van der Waals surface area contributed by atoms with Crippen molar-refractivity contribution in [1.29, 1.82) is 0 Å². The van der Waals surface area contributed by atoms with Crippen LogP contribution in [0.4, 0.5) is 0 Å². The fourth-order valence-corrected chi connectivity index (χ4v) is 2.49. The van der Waals surface area contributed by atoms with E-state index in [2.05, 4.69) is 53.8 Å². The van der Waals surface area contributed by atoms with Crippen molar-refractivity contribution in [3.05, 3.63) is 65.7 Å². The molecule has 0 aliphatic carbocycles. The van der Waals surface area contributed by atoms with E-state index in [-0.39, 0.29) is 0 Å². The molecule has 0 spiro atoms. The predicted molar refractivity (Wildman–Crippen MR) is 77.6 cm³/mol. The van der Waals surface area contributed by atoms with Crippen LogP contribution in [0, 0.1) is 0 Å². The summed E-state index contributed by atoms with van der Waals surface area (Å²) in [6.45, 7) is 2.02. The third-order valence-corrected chi connectivity index (χ3v) is 3.52. The first kappa shape index (κ1) is 12.2. The van der Waals surface area contributed by atoms with E-state index in [0.29, 0.717) is 6.10 Å². The Balaban J connectivity index is 1.77. The molecule has 1 aliphatic heterocycles. The van der Waals surface area contributed by atoms with Crippen LogP contribution in [0.3, 0.4) is 0 Å². The summed E-state index contributed by atoms with van der Waals surface area (Å²) in [5.74, 6) is 1.03. The lowest BCUT2D eigenvalue weighted by Crippen LogP contribution is -2.20. The number of para-hydroxylation sites is 1. The van der Waals surface area contributed by atoms with Crippen LogP contribution in [-0.2, 0) is 6.42 Å². The molecule has 19 heavy (non-hydrogen) atoms. The summed E-state index contributed by atoms with van der Waals surface area (Å²) in [7, 11) is 0. The second-order valence-corrected chi connectivity index (χ2v) is 5.00. The van der Waals surface area contributed by atoms with Crippen molar-refractivity contribution in [2.24, 2.45) is 0 Å². The zero-order valence-corrected chi connectivity index (χ0v) is 11.0. The largest absolute Gasteiger partial charge is 0.489 e. The second-order valence-electron chi connectivity index (χ2n) is 5.00. The van der Waals surface area contributed by atoms with Crippen LogP contribution in [-0.4, -0.2) is 19.2 Å². The molecule has 98 valence electrons. The van der Waals surface area contributed by atoms with Gasteiger partial charge in [0, 0.05) is 13.0 Å². The minimum Gasteiger partial charge on any atom is -0.489 e. The van der Waals surface area contributed by atoms with Gasteiger partial charge in [-0.05, 0) is 30.2 Å². The molecule has 1 heterocycles. The standard InChI is InChI=1S/C17H19NO/c1-2-6-14(7-3-1)12-15-8-4-5-9-17(15)19-16-10-11-18-13-16/h1-9,16,18H,10-13H2. The molecule has 2 heteroatoms. The van der Waals surface area contributed by atoms with E-state index in [1.54, 1.807) is 0 Å². The van der Waals surface area contributed by atoms with Crippen molar-refractivity contribution in [3.8, 4) is 5.75 Å². The van der Waals surface area contributed by atoms with Crippen LogP contribution in [0.2, 0.25) is 0 Å². The molecular formula is C17H19NO. The first-order chi connectivity index (χ1) is 9.42. The van der Waals surface area contributed by atoms with E-state index >= 15 is 0 Å². The molecule has 1 aliphatic rings. The molecule has 1 fully saturated rings. The lowest BCUT2D eigenvalue weighted by atomic mass is 10.0. The molecule has 2 nitrogen and oxygen atoms in total. The maximum absolute atomic E-state index is 6.12. The Morgan fingerprint density at radius 3 is 2.58 bits per heavy atom. The molecule has 0 amide bonds. The normalized spacial score (nSPS) is 18.4. The number of benzene rings is 2. The van der Waals surface area contributed by atoms with Crippen molar-refractivity contribution in [3.63, 3.8) is 0 Å². The number of nitrogens with one attached hydrogen (secondary N) is 1. The molecule has 0 saturated carbocycles. The first-order valence-corrected chi connectivity index (χ1v) is 6.91. The molecule has 1 N–H and O–H groups in total. The molecule has 2 aromatic carbocycles. The fraction of sp³-hybridized carbons (Fsp3) is 0.294. The van der Waals surface area contributed by atoms with Crippen LogP contribution in [0.15, 0.2) is 54.6 Å². The van der Waals surface area contributed by atoms with Crippen LogP contribution >= 0.6 is 0 Å². The monoisotopic (exact) mass is 253 g/mol. The molecular weight excluding hydrogens is 234 g/mol. The summed E-state index contributed by atoms with van der Waals surface area (Å²) in [5.41, 5.74) is 2.59. The minimum atomic E-state index is 0.317. The average Bonchev–Trinajstić information content (AvgIpc) is 2.95. The number of hydrogen-bond acceptors (Lipinski definition) is 2. The molecule has 1 unspecified atom stereocenters. The number of hydrogen-bond donors (Lipinski definition) is 1. The Hall–Kier alpha value is -1.80.